The quantitative estimate of drug-likeness (QED) is 0.785. The maximum Gasteiger partial charge on any atom is 0.261 e. The number of imide groups is 1. The highest BCUT2D eigenvalue weighted by atomic mass is 16.3. The second kappa shape index (κ2) is 6.59. The Kier molecular flexibility index (Phi) is 4.51. The van der Waals surface area contributed by atoms with Crippen molar-refractivity contribution in [2.75, 3.05) is 45.7 Å². The van der Waals surface area contributed by atoms with E-state index in [0.717, 1.165) is 29.1 Å². The highest BCUT2D eigenvalue weighted by Gasteiger charge is 2.32. The lowest BCUT2D eigenvalue weighted by Gasteiger charge is -2.27. The van der Waals surface area contributed by atoms with Gasteiger partial charge in [-0.1, -0.05) is 12.1 Å². The fourth-order valence-corrected chi connectivity index (χ4v) is 3.02. The van der Waals surface area contributed by atoms with Gasteiger partial charge in [-0.2, -0.15) is 0 Å². The van der Waals surface area contributed by atoms with Gasteiger partial charge in [-0.05, 0) is 32.3 Å². The Morgan fingerprint density at radius 2 is 1.79 bits per heavy atom. The van der Waals surface area contributed by atoms with Gasteiger partial charge in [-0.3, -0.25) is 14.5 Å². The molecule has 0 spiro atoms. The number of amides is 2. The van der Waals surface area contributed by atoms with Crippen molar-refractivity contribution in [3.63, 3.8) is 0 Å². The van der Waals surface area contributed by atoms with Crippen LogP contribution in [-0.4, -0.2) is 67.1 Å². The Balaban J connectivity index is 2.06. The number of anilines is 1. The van der Waals surface area contributed by atoms with E-state index < -0.39 is 0 Å². The summed E-state index contributed by atoms with van der Waals surface area (Å²) < 4.78 is 0. The molecular formula is C18H21N3O3. The molecule has 6 heteroatoms. The molecule has 0 radical (unpaired) electrons. The monoisotopic (exact) mass is 327 g/mol. The Morgan fingerprint density at radius 3 is 2.46 bits per heavy atom. The predicted octanol–water partition coefficient (Wildman–Crippen LogP) is 1.40. The van der Waals surface area contributed by atoms with Crippen molar-refractivity contribution in [1.29, 1.82) is 0 Å². The summed E-state index contributed by atoms with van der Waals surface area (Å²) in [6, 6.07) is 9.10. The van der Waals surface area contributed by atoms with Crippen LogP contribution < -0.4 is 5.32 Å². The van der Waals surface area contributed by atoms with Crippen molar-refractivity contribution >= 4 is 28.3 Å². The third-order valence-electron chi connectivity index (χ3n) is 4.19. The molecule has 1 aliphatic rings. The van der Waals surface area contributed by atoms with Crippen LogP contribution in [0.25, 0.3) is 10.8 Å². The number of nitrogens with one attached hydrogen (secondary N) is 1. The zero-order valence-electron chi connectivity index (χ0n) is 13.9. The van der Waals surface area contributed by atoms with E-state index >= 15 is 0 Å². The molecule has 2 aromatic rings. The molecule has 2 aromatic carbocycles. The number of β-amino-alcohol motifs (C(OH)–C–C–N with tert-alkyl or cyclic N) is 1. The minimum atomic E-state index is -0.349. The molecule has 6 nitrogen and oxygen atoms in total. The van der Waals surface area contributed by atoms with Crippen LogP contribution in [0.1, 0.15) is 20.7 Å². The topological polar surface area (TPSA) is 72.9 Å². The average Bonchev–Trinajstić information content (AvgIpc) is 2.57. The van der Waals surface area contributed by atoms with Gasteiger partial charge in [0.25, 0.3) is 11.8 Å². The lowest BCUT2D eigenvalue weighted by Crippen LogP contribution is -2.41. The summed E-state index contributed by atoms with van der Waals surface area (Å²) in [5.41, 5.74) is 1.92. The van der Waals surface area contributed by atoms with E-state index in [9.17, 15) is 9.59 Å². The minimum Gasteiger partial charge on any atom is -0.395 e. The third-order valence-corrected chi connectivity index (χ3v) is 4.19. The van der Waals surface area contributed by atoms with Crippen LogP contribution in [0.4, 0.5) is 5.69 Å². The molecule has 0 unspecified atom stereocenters. The number of aliphatic hydroxyl groups is 1. The van der Waals surface area contributed by atoms with E-state index in [0.29, 0.717) is 16.5 Å². The predicted molar refractivity (Wildman–Crippen MR) is 93.4 cm³/mol. The molecule has 1 aliphatic heterocycles. The number of hydrogen-bond acceptors (Lipinski definition) is 5. The maximum atomic E-state index is 12.6. The smallest absolute Gasteiger partial charge is 0.261 e. The molecule has 2 amide bonds. The van der Waals surface area contributed by atoms with Gasteiger partial charge in [0, 0.05) is 40.7 Å². The summed E-state index contributed by atoms with van der Waals surface area (Å²) in [6.45, 7) is 1.42. The van der Waals surface area contributed by atoms with Crippen molar-refractivity contribution in [3.05, 3.63) is 41.5 Å². The molecular weight excluding hydrogens is 306 g/mol. The molecule has 2 N–H and O–H groups in total. The SMILES string of the molecule is CN(C)CCNc1ccc2c3c(cccc13)C(=O)N(CCO)C2=O. The first-order valence-electron chi connectivity index (χ1n) is 7.96. The number of carbonyl (C=O) groups is 2. The lowest BCUT2D eigenvalue weighted by atomic mass is 9.93. The summed E-state index contributed by atoms with van der Waals surface area (Å²) in [7, 11) is 4.01. The summed E-state index contributed by atoms with van der Waals surface area (Å²) in [5.74, 6) is -0.699. The zero-order valence-corrected chi connectivity index (χ0v) is 13.9. The van der Waals surface area contributed by atoms with E-state index in [1.807, 2.05) is 32.3 Å². The van der Waals surface area contributed by atoms with Gasteiger partial charge in [-0.15, -0.1) is 0 Å². The number of benzene rings is 2. The van der Waals surface area contributed by atoms with Crippen LogP contribution in [0.2, 0.25) is 0 Å². The second-order valence-corrected chi connectivity index (χ2v) is 6.10. The summed E-state index contributed by atoms with van der Waals surface area (Å²) >= 11 is 0. The van der Waals surface area contributed by atoms with E-state index in [-0.39, 0.29) is 25.0 Å². The number of likely N-dealkylation sites (N-methyl/N-ethyl adjacent to an activating group) is 1. The van der Waals surface area contributed by atoms with E-state index in [1.165, 1.54) is 0 Å². The van der Waals surface area contributed by atoms with Crippen molar-refractivity contribution in [2.24, 2.45) is 0 Å². The van der Waals surface area contributed by atoms with Crippen LogP contribution >= 0.6 is 0 Å². The molecule has 3 rings (SSSR count). The molecule has 0 atom stereocenters. The van der Waals surface area contributed by atoms with Gasteiger partial charge in [0.05, 0.1) is 13.2 Å². The standard InChI is InChI=1S/C18H21N3O3/c1-20(2)9-8-19-15-7-6-14-16-12(15)4-3-5-13(16)17(23)21(10-11-22)18(14)24/h3-7,19,22H,8-11H2,1-2H3. The summed E-state index contributed by atoms with van der Waals surface area (Å²) in [4.78, 5) is 28.4. The normalized spacial score (nSPS) is 13.9. The molecule has 0 saturated carbocycles. The van der Waals surface area contributed by atoms with Gasteiger partial charge in [-0.25, -0.2) is 0 Å². The fraction of sp³-hybridized carbons (Fsp3) is 0.333. The van der Waals surface area contributed by atoms with Crippen molar-refractivity contribution in [3.8, 4) is 0 Å². The molecule has 0 fully saturated rings. The first kappa shape index (κ1) is 16.4. The average molecular weight is 327 g/mol. The van der Waals surface area contributed by atoms with Gasteiger partial charge in [0.2, 0.25) is 0 Å². The lowest BCUT2D eigenvalue weighted by molar-refractivity contribution is 0.0580. The second-order valence-electron chi connectivity index (χ2n) is 6.10. The number of carbonyl (C=O) groups excluding carboxylic acids is 2. The van der Waals surface area contributed by atoms with Crippen molar-refractivity contribution in [2.45, 2.75) is 0 Å². The first-order valence-corrected chi connectivity index (χ1v) is 7.96. The minimum absolute atomic E-state index is 0.0102. The molecule has 0 bridgehead atoms. The Morgan fingerprint density at radius 1 is 1.08 bits per heavy atom. The van der Waals surface area contributed by atoms with Crippen LogP contribution in [0, 0.1) is 0 Å². The van der Waals surface area contributed by atoms with E-state index in [2.05, 4.69) is 10.2 Å². The number of rotatable bonds is 6. The van der Waals surface area contributed by atoms with Crippen LogP contribution in [0.3, 0.4) is 0 Å². The first-order chi connectivity index (χ1) is 11.5. The van der Waals surface area contributed by atoms with E-state index in [1.54, 1.807) is 12.1 Å². The van der Waals surface area contributed by atoms with Gasteiger partial charge >= 0.3 is 0 Å². The number of aliphatic hydroxyl groups excluding tert-OH is 1. The Labute approximate surface area is 140 Å². The van der Waals surface area contributed by atoms with Crippen molar-refractivity contribution in [1.82, 2.24) is 9.80 Å². The molecule has 0 aromatic heterocycles. The van der Waals surface area contributed by atoms with Crippen LogP contribution in [0.5, 0.6) is 0 Å². The largest absolute Gasteiger partial charge is 0.395 e. The van der Waals surface area contributed by atoms with Crippen molar-refractivity contribution < 1.29 is 14.7 Å². The Hall–Kier alpha value is -2.44. The van der Waals surface area contributed by atoms with Gasteiger partial charge in [0.1, 0.15) is 0 Å². The summed E-state index contributed by atoms with van der Waals surface area (Å²) in [6.07, 6.45) is 0. The van der Waals surface area contributed by atoms with Gasteiger partial charge in [0.15, 0.2) is 0 Å². The summed E-state index contributed by atoms with van der Waals surface area (Å²) in [5, 5.41) is 14.1. The molecule has 24 heavy (non-hydrogen) atoms. The number of hydrogen-bond donors (Lipinski definition) is 2. The number of nitrogens with zero attached hydrogens (tertiary/aromatic N) is 2. The fourth-order valence-electron chi connectivity index (χ4n) is 3.02. The van der Waals surface area contributed by atoms with Gasteiger partial charge < -0.3 is 15.3 Å². The molecule has 1 heterocycles. The molecule has 0 aliphatic carbocycles. The zero-order chi connectivity index (χ0) is 17.3. The molecule has 126 valence electrons. The highest BCUT2D eigenvalue weighted by molar-refractivity contribution is 6.26. The Bertz CT molecular complexity index is 779. The highest BCUT2D eigenvalue weighted by Crippen LogP contribution is 2.34. The van der Waals surface area contributed by atoms with Crippen LogP contribution in [0.15, 0.2) is 30.3 Å². The molecule has 0 saturated heterocycles. The maximum absolute atomic E-state index is 12.6. The van der Waals surface area contributed by atoms with Crippen LogP contribution in [-0.2, 0) is 0 Å². The van der Waals surface area contributed by atoms with E-state index in [4.69, 9.17) is 5.11 Å². The third kappa shape index (κ3) is 2.74.